The summed E-state index contributed by atoms with van der Waals surface area (Å²) in [6.07, 6.45) is -0.177. The zero-order chi connectivity index (χ0) is 14.9. The normalized spacial score (nSPS) is 12.5. The van der Waals surface area contributed by atoms with Crippen molar-refractivity contribution in [2.45, 2.75) is 11.8 Å². The lowest BCUT2D eigenvalue weighted by Crippen LogP contribution is -2.03. The van der Waals surface area contributed by atoms with Gasteiger partial charge in [0.05, 0.1) is 10.4 Å². The predicted octanol–water partition coefficient (Wildman–Crippen LogP) is 5.42. The van der Waals surface area contributed by atoms with E-state index >= 15 is 0 Å². The Labute approximate surface area is 122 Å². The van der Waals surface area contributed by atoms with Crippen LogP contribution >= 0.6 is 23.2 Å². The van der Waals surface area contributed by atoms with Gasteiger partial charge in [0.1, 0.15) is 11.6 Å². The molecule has 2 rings (SSSR count). The molecule has 0 nitrogen and oxygen atoms in total. The van der Waals surface area contributed by atoms with Gasteiger partial charge in [-0.05, 0) is 30.2 Å². The molecule has 0 heterocycles. The zero-order valence-electron chi connectivity index (χ0n) is 9.94. The van der Waals surface area contributed by atoms with Crippen LogP contribution in [0.2, 0.25) is 5.02 Å². The lowest BCUT2D eigenvalue weighted by molar-refractivity contribution is 0.497. The van der Waals surface area contributed by atoms with Crippen LogP contribution in [0.5, 0.6) is 0 Å². The Kier molecular flexibility index (Phi) is 4.55. The molecule has 0 saturated carbocycles. The molecule has 0 spiro atoms. The highest BCUT2D eigenvalue weighted by Gasteiger charge is 2.19. The van der Waals surface area contributed by atoms with Gasteiger partial charge in [0, 0.05) is 5.56 Å². The van der Waals surface area contributed by atoms with E-state index in [9.17, 15) is 17.6 Å². The number of alkyl halides is 1. The smallest absolute Gasteiger partial charge is 0.162 e. The van der Waals surface area contributed by atoms with Crippen molar-refractivity contribution in [3.63, 3.8) is 0 Å². The van der Waals surface area contributed by atoms with Crippen molar-refractivity contribution in [3.8, 4) is 0 Å². The topological polar surface area (TPSA) is 0 Å². The first kappa shape index (κ1) is 15.1. The first-order chi connectivity index (χ1) is 9.40. The van der Waals surface area contributed by atoms with E-state index in [1.807, 2.05) is 0 Å². The fourth-order valence-electron chi connectivity index (χ4n) is 1.79. The lowest BCUT2D eigenvalue weighted by Gasteiger charge is -2.12. The van der Waals surface area contributed by atoms with E-state index in [1.165, 1.54) is 12.1 Å². The first-order valence-corrected chi connectivity index (χ1v) is 6.43. The quantitative estimate of drug-likeness (QED) is 0.402. The molecule has 0 radical (unpaired) electrons. The Morgan fingerprint density at radius 3 is 2.35 bits per heavy atom. The lowest BCUT2D eigenvalue weighted by atomic mass is 10.0. The summed E-state index contributed by atoms with van der Waals surface area (Å²) < 4.78 is 53.5. The number of hydrogen-bond donors (Lipinski definition) is 0. The fourth-order valence-corrected chi connectivity index (χ4v) is 2.27. The molecule has 0 amide bonds. The van der Waals surface area contributed by atoms with Gasteiger partial charge < -0.3 is 0 Å². The fraction of sp³-hybridized carbons (Fsp3) is 0.143. The molecule has 0 fully saturated rings. The summed E-state index contributed by atoms with van der Waals surface area (Å²) >= 11 is 11.4. The molecule has 0 bridgehead atoms. The largest absolute Gasteiger partial charge is 0.207 e. The Balaban J connectivity index is 2.31. The molecule has 0 aromatic heterocycles. The van der Waals surface area contributed by atoms with Crippen LogP contribution in [-0.2, 0) is 6.42 Å². The van der Waals surface area contributed by atoms with Crippen molar-refractivity contribution in [3.05, 3.63) is 69.8 Å². The van der Waals surface area contributed by atoms with E-state index < -0.39 is 28.6 Å². The van der Waals surface area contributed by atoms with E-state index in [2.05, 4.69) is 0 Å². The van der Waals surface area contributed by atoms with Crippen LogP contribution in [0.25, 0.3) is 0 Å². The predicted molar refractivity (Wildman–Crippen MR) is 70.0 cm³/mol. The summed E-state index contributed by atoms with van der Waals surface area (Å²) in [5.41, 5.74) is -0.169. The van der Waals surface area contributed by atoms with Gasteiger partial charge in [-0.2, -0.15) is 0 Å². The summed E-state index contributed by atoms with van der Waals surface area (Å²) in [5.74, 6) is -3.69. The average Bonchev–Trinajstić information content (AvgIpc) is 2.39. The number of halogens is 6. The highest BCUT2D eigenvalue weighted by atomic mass is 35.5. The molecule has 20 heavy (non-hydrogen) atoms. The van der Waals surface area contributed by atoms with Crippen LogP contribution in [-0.4, -0.2) is 0 Å². The average molecular weight is 323 g/mol. The molecule has 1 atom stereocenters. The molecule has 2 aromatic rings. The molecule has 1 unspecified atom stereocenters. The van der Waals surface area contributed by atoms with E-state index in [0.29, 0.717) is 0 Å². The minimum Gasteiger partial charge on any atom is -0.207 e. The third-order valence-electron chi connectivity index (χ3n) is 2.81. The van der Waals surface area contributed by atoms with E-state index in [1.54, 1.807) is 0 Å². The van der Waals surface area contributed by atoms with Gasteiger partial charge in [-0.3, -0.25) is 0 Å². The van der Waals surface area contributed by atoms with Crippen molar-refractivity contribution >= 4 is 23.2 Å². The van der Waals surface area contributed by atoms with E-state index in [4.69, 9.17) is 23.2 Å². The second-order valence-corrected chi connectivity index (χ2v) is 5.11. The van der Waals surface area contributed by atoms with E-state index in [0.717, 1.165) is 18.2 Å². The third kappa shape index (κ3) is 3.07. The maximum atomic E-state index is 13.7. The van der Waals surface area contributed by atoms with Gasteiger partial charge in [-0.15, -0.1) is 11.6 Å². The molecule has 2 aromatic carbocycles. The Bertz CT molecular complexity index is 643. The second-order valence-electron chi connectivity index (χ2n) is 4.17. The maximum absolute atomic E-state index is 13.7. The molecule has 0 saturated heterocycles. The minimum atomic E-state index is -1.05. The van der Waals surface area contributed by atoms with Gasteiger partial charge in [0.25, 0.3) is 0 Å². The first-order valence-electron chi connectivity index (χ1n) is 5.61. The Morgan fingerprint density at radius 2 is 1.65 bits per heavy atom. The Hall–Kier alpha value is -1.26. The van der Waals surface area contributed by atoms with E-state index in [-0.39, 0.29) is 22.6 Å². The molecule has 0 aliphatic rings. The summed E-state index contributed by atoms with van der Waals surface area (Å²) in [5, 5.41) is -1.41. The van der Waals surface area contributed by atoms with Crippen molar-refractivity contribution < 1.29 is 17.6 Å². The van der Waals surface area contributed by atoms with Gasteiger partial charge >= 0.3 is 0 Å². The number of rotatable bonds is 3. The highest BCUT2D eigenvalue weighted by molar-refractivity contribution is 6.30. The zero-order valence-corrected chi connectivity index (χ0v) is 11.5. The van der Waals surface area contributed by atoms with Crippen LogP contribution in [0, 0.1) is 23.3 Å². The molecule has 106 valence electrons. The number of benzene rings is 2. The van der Waals surface area contributed by atoms with Crippen LogP contribution < -0.4 is 0 Å². The molecule has 0 aliphatic carbocycles. The van der Waals surface area contributed by atoms with Gasteiger partial charge in [-0.1, -0.05) is 23.7 Å². The summed E-state index contributed by atoms with van der Waals surface area (Å²) in [7, 11) is 0. The molecule has 0 N–H and O–H groups in total. The standard InChI is InChI=1S/C14H8Cl2F4/c15-9(4-7-2-1-3-11(17)14(7)20)8-5-13(19)10(16)6-12(8)18/h1-3,5-6,9H,4H2. The van der Waals surface area contributed by atoms with Crippen molar-refractivity contribution in [2.24, 2.45) is 0 Å². The third-order valence-corrected chi connectivity index (χ3v) is 3.49. The van der Waals surface area contributed by atoms with Crippen LogP contribution in [0.4, 0.5) is 17.6 Å². The minimum absolute atomic E-state index is 0.0141. The highest BCUT2D eigenvalue weighted by Crippen LogP contribution is 2.31. The van der Waals surface area contributed by atoms with Crippen LogP contribution in [0.1, 0.15) is 16.5 Å². The summed E-state index contributed by atoms with van der Waals surface area (Å²) in [4.78, 5) is 0. The molecule has 0 aliphatic heterocycles. The van der Waals surface area contributed by atoms with Crippen molar-refractivity contribution in [2.75, 3.05) is 0 Å². The van der Waals surface area contributed by atoms with Crippen LogP contribution in [0.3, 0.4) is 0 Å². The maximum Gasteiger partial charge on any atom is 0.162 e. The Morgan fingerprint density at radius 1 is 0.950 bits per heavy atom. The molecular formula is C14H8Cl2F4. The summed E-state index contributed by atoms with van der Waals surface area (Å²) in [6, 6.07) is 5.26. The molecule has 6 heteroatoms. The number of hydrogen-bond acceptors (Lipinski definition) is 0. The SMILES string of the molecule is Fc1cc(C(Cl)Cc2cccc(F)c2F)c(F)cc1Cl. The van der Waals surface area contributed by atoms with Gasteiger partial charge in [-0.25, -0.2) is 17.6 Å². The monoisotopic (exact) mass is 322 g/mol. The van der Waals surface area contributed by atoms with Gasteiger partial charge in [0.2, 0.25) is 0 Å². The van der Waals surface area contributed by atoms with Crippen molar-refractivity contribution in [1.82, 2.24) is 0 Å². The summed E-state index contributed by atoms with van der Waals surface area (Å²) in [6.45, 7) is 0. The van der Waals surface area contributed by atoms with Crippen LogP contribution in [0.15, 0.2) is 30.3 Å². The van der Waals surface area contributed by atoms with Crippen molar-refractivity contribution in [1.29, 1.82) is 0 Å². The molecular weight excluding hydrogens is 315 g/mol. The van der Waals surface area contributed by atoms with Gasteiger partial charge in [0.15, 0.2) is 11.6 Å². The second kappa shape index (κ2) is 6.02.